The van der Waals surface area contributed by atoms with Gasteiger partial charge >= 0.3 is 0 Å². The molecule has 3 nitrogen and oxygen atoms in total. The summed E-state index contributed by atoms with van der Waals surface area (Å²) in [5, 5.41) is 4.18. The summed E-state index contributed by atoms with van der Waals surface area (Å²) >= 11 is 0. The molecule has 0 radical (unpaired) electrons. The van der Waals surface area contributed by atoms with Crippen LogP contribution in [-0.4, -0.2) is 15.6 Å². The highest BCUT2D eigenvalue weighted by Crippen LogP contribution is 2.16. The van der Waals surface area contributed by atoms with Crippen LogP contribution >= 0.6 is 0 Å². The number of benzene rings is 2. The summed E-state index contributed by atoms with van der Waals surface area (Å²) in [5.41, 5.74) is 2.24. The van der Waals surface area contributed by atoms with E-state index in [0.29, 0.717) is 16.8 Å². The Kier molecular flexibility index (Phi) is 3.36. The third kappa shape index (κ3) is 2.60. The van der Waals surface area contributed by atoms with Gasteiger partial charge in [0, 0.05) is 5.56 Å². The van der Waals surface area contributed by atoms with Gasteiger partial charge in [-0.3, -0.25) is 4.79 Å². The molecule has 0 aliphatic rings. The number of carbonyl (C=O) groups excluding carboxylic acids is 1. The maximum absolute atomic E-state index is 13.5. The van der Waals surface area contributed by atoms with Gasteiger partial charge in [-0.05, 0) is 48.9 Å². The molecule has 0 amide bonds. The minimum Gasteiger partial charge on any atom is -0.287 e. The number of para-hydroxylation sites is 1. The average Bonchev–Trinajstić information content (AvgIpc) is 2.95. The fourth-order valence-electron chi connectivity index (χ4n) is 2.27. The molecule has 2 aromatic carbocycles. The zero-order chi connectivity index (χ0) is 14.8. The SMILES string of the molecule is Cc1cc(F)cc(C(=O)c2ccnn2-c2ccccc2)c1. The Morgan fingerprint density at radius 3 is 2.57 bits per heavy atom. The second-order valence-electron chi connectivity index (χ2n) is 4.81. The minimum atomic E-state index is -0.413. The first kappa shape index (κ1) is 13.2. The fraction of sp³-hybridized carbons (Fsp3) is 0.0588. The second-order valence-corrected chi connectivity index (χ2v) is 4.81. The Bertz CT molecular complexity index is 773. The van der Waals surface area contributed by atoms with Crippen LogP contribution in [0.25, 0.3) is 5.69 Å². The Morgan fingerprint density at radius 1 is 1.10 bits per heavy atom. The van der Waals surface area contributed by atoms with Crippen molar-refractivity contribution in [2.45, 2.75) is 6.92 Å². The van der Waals surface area contributed by atoms with Crippen molar-refractivity contribution in [1.29, 1.82) is 0 Å². The summed E-state index contributed by atoms with van der Waals surface area (Å²) in [6, 6.07) is 15.3. The van der Waals surface area contributed by atoms with E-state index in [0.717, 1.165) is 5.69 Å². The molecule has 1 heterocycles. The highest BCUT2D eigenvalue weighted by atomic mass is 19.1. The first-order chi connectivity index (χ1) is 10.1. The summed E-state index contributed by atoms with van der Waals surface area (Å²) in [6.45, 7) is 1.76. The van der Waals surface area contributed by atoms with Crippen LogP contribution < -0.4 is 0 Å². The van der Waals surface area contributed by atoms with E-state index in [1.807, 2.05) is 30.3 Å². The number of nitrogens with zero attached hydrogens (tertiary/aromatic N) is 2. The molecule has 0 fully saturated rings. The largest absolute Gasteiger partial charge is 0.287 e. The topological polar surface area (TPSA) is 34.9 Å². The fourth-order valence-corrected chi connectivity index (χ4v) is 2.27. The standard InChI is InChI=1S/C17H13FN2O/c1-12-9-13(11-14(18)10-12)17(21)16-7-8-19-20(16)15-5-3-2-4-6-15/h2-11H,1H3. The van der Waals surface area contributed by atoms with Crippen molar-refractivity contribution in [1.82, 2.24) is 9.78 Å². The summed E-state index contributed by atoms with van der Waals surface area (Å²) in [6.07, 6.45) is 1.56. The summed E-state index contributed by atoms with van der Waals surface area (Å²) < 4.78 is 15.0. The number of rotatable bonds is 3. The summed E-state index contributed by atoms with van der Waals surface area (Å²) in [7, 11) is 0. The lowest BCUT2D eigenvalue weighted by Gasteiger charge is -2.07. The van der Waals surface area contributed by atoms with E-state index in [2.05, 4.69) is 5.10 Å². The molecule has 4 heteroatoms. The smallest absolute Gasteiger partial charge is 0.211 e. The van der Waals surface area contributed by atoms with Gasteiger partial charge in [-0.2, -0.15) is 5.10 Å². The van der Waals surface area contributed by atoms with E-state index in [-0.39, 0.29) is 5.78 Å². The number of halogens is 1. The van der Waals surface area contributed by atoms with E-state index in [4.69, 9.17) is 0 Å². The van der Waals surface area contributed by atoms with Gasteiger partial charge in [0.25, 0.3) is 0 Å². The van der Waals surface area contributed by atoms with Crippen LogP contribution in [0, 0.1) is 12.7 Å². The molecule has 21 heavy (non-hydrogen) atoms. The second kappa shape index (κ2) is 5.32. The molecule has 1 aromatic heterocycles. The molecular formula is C17H13FN2O. The number of aryl methyl sites for hydroxylation is 1. The minimum absolute atomic E-state index is 0.251. The van der Waals surface area contributed by atoms with E-state index in [1.165, 1.54) is 12.1 Å². The Balaban J connectivity index is 2.06. The number of carbonyl (C=O) groups is 1. The number of hydrogen-bond acceptors (Lipinski definition) is 2. The van der Waals surface area contributed by atoms with Crippen LogP contribution in [0.1, 0.15) is 21.6 Å². The van der Waals surface area contributed by atoms with E-state index in [1.54, 1.807) is 29.9 Å². The van der Waals surface area contributed by atoms with Gasteiger partial charge < -0.3 is 0 Å². The van der Waals surface area contributed by atoms with Crippen molar-refractivity contribution < 1.29 is 9.18 Å². The molecule has 0 bridgehead atoms. The maximum Gasteiger partial charge on any atom is 0.211 e. The lowest BCUT2D eigenvalue weighted by molar-refractivity contribution is 0.103. The molecule has 0 aliphatic heterocycles. The lowest BCUT2D eigenvalue weighted by Crippen LogP contribution is -2.10. The van der Waals surface area contributed by atoms with Gasteiger partial charge in [0.15, 0.2) is 0 Å². The van der Waals surface area contributed by atoms with Gasteiger partial charge in [-0.25, -0.2) is 9.07 Å². The lowest BCUT2D eigenvalue weighted by atomic mass is 10.1. The van der Waals surface area contributed by atoms with E-state index >= 15 is 0 Å². The molecule has 104 valence electrons. The highest BCUT2D eigenvalue weighted by molar-refractivity contribution is 6.08. The van der Waals surface area contributed by atoms with Crippen LogP contribution in [0.5, 0.6) is 0 Å². The molecule has 3 rings (SSSR count). The van der Waals surface area contributed by atoms with Crippen molar-refractivity contribution in [2.75, 3.05) is 0 Å². The molecule has 0 saturated carbocycles. The van der Waals surface area contributed by atoms with Crippen molar-refractivity contribution >= 4 is 5.78 Å². The van der Waals surface area contributed by atoms with Gasteiger partial charge in [-0.15, -0.1) is 0 Å². The molecule has 3 aromatic rings. The van der Waals surface area contributed by atoms with Crippen molar-refractivity contribution in [3.05, 3.63) is 83.4 Å². The number of ketones is 1. The van der Waals surface area contributed by atoms with E-state index in [9.17, 15) is 9.18 Å². The van der Waals surface area contributed by atoms with Crippen molar-refractivity contribution in [2.24, 2.45) is 0 Å². The van der Waals surface area contributed by atoms with Crippen LogP contribution in [0.3, 0.4) is 0 Å². The monoisotopic (exact) mass is 280 g/mol. The molecule has 0 saturated heterocycles. The first-order valence-corrected chi connectivity index (χ1v) is 6.56. The Labute approximate surface area is 121 Å². The molecule has 0 spiro atoms. The van der Waals surface area contributed by atoms with Gasteiger partial charge in [0.1, 0.15) is 11.5 Å². The zero-order valence-electron chi connectivity index (χ0n) is 11.5. The first-order valence-electron chi connectivity index (χ1n) is 6.56. The molecule has 0 N–H and O–H groups in total. The Morgan fingerprint density at radius 2 is 1.86 bits per heavy atom. The predicted molar refractivity (Wildman–Crippen MR) is 78.1 cm³/mol. The third-order valence-corrected chi connectivity index (χ3v) is 3.18. The predicted octanol–water partition coefficient (Wildman–Crippen LogP) is 3.55. The van der Waals surface area contributed by atoms with Crippen LogP contribution in [0.2, 0.25) is 0 Å². The van der Waals surface area contributed by atoms with Gasteiger partial charge in [0.05, 0.1) is 11.9 Å². The van der Waals surface area contributed by atoms with Crippen molar-refractivity contribution in [3.63, 3.8) is 0 Å². The summed E-state index contributed by atoms with van der Waals surface area (Å²) in [5.74, 6) is -0.664. The summed E-state index contributed by atoms with van der Waals surface area (Å²) in [4.78, 5) is 12.6. The van der Waals surface area contributed by atoms with Gasteiger partial charge in [-0.1, -0.05) is 18.2 Å². The average molecular weight is 280 g/mol. The normalized spacial score (nSPS) is 10.6. The van der Waals surface area contributed by atoms with Gasteiger partial charge in [0.2, 0.25) is 5.78 Å². The quantitative estimate of drug-likeness (QED) is 0.688. The molecule has 0 atom stereocenters. The third-order valence-electron chi connectivity index (χ3n) is 3.18. The number of aromatic nitrogens is 2. The van der Waals surface area contributed by atoms with Crippen LogP contribution in [0.4, 0.5) is 4.39 Å². The number of hydrogen-bond donors (Lipinski definition) is 0. The highest BCUT2D eigenvalue weighted by Gasteiger charge is 2.16. The van der Waals surface area contributed by atoms with Crippen molar-refractivity contribution in [3.8, 4) is 5.69 Å². The van der Waals surface area contributed by atoms with Crippen LogP contribution in [-0.2, 0) is 0 Å². The maximum atomic E-state index is 13.5. The van der Waals surface area contributed by atoms with Crippen LogP contribution in [0.15, 0.2) is 60.8 Å². The molecular weight excluding hydrogens is 267 g/mol. The Hall–Kier alpha value is -2.75. The molecule has 0 unspecified atom stereocenters. The zero-order valence-corrected chi connectivity index (χ0v) is 11.5. The molecule has 0 aliphatic carbocycles. The van der Waals surface area contributed by atoms with E-state index < -0.39 is 5.82 Å².